The van der Waals surface area contributed by atoms with E-state index in [1.165, 1.54) is 12.0 Å². The molecule has 0 aliphatic heterocycles. The maximum Gasteiger partial charge on any atom is 0.224 e. The van der Waals surface area contributed by atoms with Crippen LogP contribution in [0, 0.1) is 5.92 Å². The lowest BCUT2D eigenvalue weighted by Crippen LogP contribution is -2.45. The van der Waals surface area contributed by atoms with Crippen LogP contribution in [0.1, 0.15) is 77.7 Å². The van der Waals surface area contributed by atoms with E-state index in [-0.39, 0.29) is 29.4 Å². The Kier molecular flexibility index (Phi) is 8.36. The lowest BCUT2D eigenvalue weighted by atomic mass is 9.72. The summed E-state index contributed by atoms with van der Waals surface area (Å²) in [6, 6.07) is 21.2. The Hall–Kier alpha value is -3.51. The highest BCUT2D eigenvalue weighted by Gasteiger charge is 2.34. The van der Waals surface area contributed by atoms with Crippen LogP contribution in [-0.2, 0) is 15.1 Å². The molecule has 6 nitrogen and oxygen atoms in total. The second-order valence-electron chi connectivity index (χ2n) is 12.0. The van der Waals surface area contributed by atoms with Crippen molar-refractivity contribution in [3.05, 3.63) is 72.4 Å². The fourth-order valence-electron chi connectivity index (χ4n) is 6.55. The van der Waals surface area contributed by atoms with Crippen molar-refractivity contribution in [2.45, 2.75) is 89.8 Å². The molecule has 5 rings (SSSR count). The van der Waals surface area contributed by atoms with Crippen molar-refractivity contribution in [3.63, 3.8) is 0 Å². The van der Waals surface area contributed by atoms with Crippen LogP contribution < -0.4 is 11.1 Å². The SMILES string of the molecule is CC(=O)N(C(C)C)C1CCC(CC(=O)Nc2cnc(-c3ccc(C4(N)CCC4)cc3)c(-c3ccccc3)c2)CC1. The van der Waals surface area contributed by atoms with Gasteiger partial charge in [0, 0.05) is 42.1 Å². The van der Waals surface area contributed by atoms with E-state index in [1.807, 2.05) is 29.2 Å². The van der Waals surface area contributed by atoms with Gasteiger partial charge in [0.15, 0.2) is 0 Å². The Labute approximate surface area is 238 Å². The van der Waals surface area contributed by atoms with E-state index in [2.05, 4.69) is 55.6 Å². The molecule has 0 spiro atoms. The Morgan fingerprint density at radius 2 is 1.68 bits per heavy atom. The average Bonchev–Trinajstić information content (AvgIpc) is 2.93. The van der Waals surface area contributed by atoms with Gasteiger partial charge in [-0.25, -0.2) is 0 Å². The van der Waals surface area contributed by atoms with Gasteiger partial charge in [-0.1, -0.05) is 54.6 Å². The van der Waals surface area contributed by atoms with Gasteiger partial charge in [-0.3, -0.25) is 14.6 Å². The highest BCUT2D eigenvalue weighted by molar-refractivity contribution is 5.93. The topological polar surface area (TPSA) is 88.3 Å². The monoisotopic (exact) mass is 538 g/mol. The van der Waals surface area contributed by atoms with E-state index >= 15 is 0 Å². The van der Waals surface area contributed by atoms with Gasteiger partial charge >= 0.3 is 0 Å². The Bertz CT molecular complexity index is 1320. The number of carbonyl (C=O) groups excluding carboxylic acids is 2. The number of nitrogens with zero attached hydrogens (tertiary/aromatic N) is 2. The number of hydrogen-bond acceptors (Lipinski definition) is 4. The summed E-state index contributed by atoms with van der Waals surface area (Å²) in [7, 11) is 0. The summed E-state index contributed by atoms with van der Waals surface area (Å²) in [4.78, 5) is 32.0. The van der Waals surface area contributed by atoms with Gasteiger partial charge < -0.3 is 16.0 Å². The summed E-state index contributed by atoms with van der Waals surface area (Å²) >= 11 is 0. The number of rotatable bonds is 8. The predicted octanol–water partition coefficient (Wildman–Crippen LogP) is 6.90. The Balaban J connectivity index is 1.28. The van der Waals surface area contributed by atoms with E-state index in [4.69, 9.17) is 10.7 Å². The number of nitrogens with two attached hydrogens (primary N) is 1. The summed E-state index contributed by atoms with van der Waals surface area (Å²) in [5.41, 5.74) is 12.2. The zero-order chi connectivity index (χ0) is 28.3. The standard InChI is InChI=1S/C34H42N4O2/c1-23(2)38(24(3)39)30-16-10-25(11-17-30)20-32(40)37-29-21-31(26-8-5-4-6-9-26)33(36-22-29)27-12-14-28(15-13-27)34(35)18-7-19-34/h4-6,8-9,12-15,21-23,25,30H,7,10-11,16-20,35H2,1-3H3,(H,37,40). The van der Waals surface area contributed by atoms with E-state index in [1.54, 1.807) is 13.1 Å². The van der Waals surface area contributed by atoms with E-state index in [0.29, 0.717) is 18.0 Å². The second kappa shape index (κ2) is 11.9. The molecule has 0 bridgehead atoms. The maximum atomic E-state index is 13.1. The number of amides is 2. The molecule has 210 valence electrons. The minimum Gasteiger partial charge on any atom is -0.338 e. The summed E-state index contributed by atoms with van der Waals surface area (Å²) in [5.74, 6) is 0.486. The summed E-state index contributed by atoms with van der Waals surface area (Å²) in [6.07, 6.45) is 9.32. The summed E-state index contributed by atoms with van der Waals surface area (Å²) < 4.78 is 0. The molecule has 2 aromatic carbocycles. The molecule has 2 aliphatic rings. The lowest BCUT2D eigenvalue weighted by Gasteiger charge is -2.38. The fraction of sp³-hybridized carbons (Fsp3) is 0.441. The third-order valence-electron chi connectivity index (χ3n) is 8.84. The highest BCUT2D eigenvalue weighted by atomic mass is 16.2. The van der Waals surface area contributed by atoms with Crippen LogP contribution in [0.3, 0.4) is 0 Å². The first-order chi connectivity index (χ1) is 19.2. The van der Waals surface area contributed by atoms with Gasteiger partial charge in [-0.15, -0.1) is 0 Å². The van der Waals surface area contributed by atoms with Crippen LogP contribution in [0.2, 0.25) is 0 Å². The summed E-state index contributed by atoms with van der Waals surface area (Å²) in [5, 5.41) is 3.11. The van der Waals surface area contributed by atoms with Crippen molar-refractivity contribution in [2.24, 2.45) is 11.7 Å². The predicted molar refractivity (Wildman–Crippen MR) is 161 cm³/mol. The van der Waals surface area contributed by atoms with Crippen molar-refractivity contribution in [2.75, 3.05) is 5.32 Å². The summed E-state index contributed by atoms with van der Waals surface area (Å²) in [6.45, 7) is 5.80. The van der Waals surface area contributed by atoms with Crippen molar-refractivity contribution >= 4 is 17.5 Å². The largest absolute Gasteiger partial charge is 0.338 e. The van der Waals surface area contributed by atoms with E-state index in [9.17, 15) is 9.59 Å². The van der Waals surface area contributed by atoms with Crippen LogP contribution in [0.25, 0.3) is 22.4 Å². The minimum atomic E-state index is -0.192. The van der Waals surface area contributed by atoms with Crippen LogP contribution in [0.5, 0.6) is 0 Å². The molecular formula is C34H42N4O2. The molecule has 2 aliphatic carbocycles. The first-order valence-electron chi connectivity index (χ1n) is 14.8. The van der Waals surface area contributed by atoms with E-state index in [0.717, 1.165) is 60.9 Å². The normalized spacial score (nSPS) is 20.0. The van der Waals surface area contributed by atoms with Gasteiger partial charge in [0.1, 0.15) is 0 Å². The first-order valence-corrected chi connectivity index (χ1v) is 14.8. The second-order valence-corrected chi connectivity index (χ2v) is 12.0. The molecule has 3 N–H and O–H groups in total. The zero-order valence-corrected chi connectivity index (χ0v) is 24.0. The maximum absolute atomic E-state index is 13.1. The van der Waals surface area contributed by atoms with Gasteiger partial charge in [-0.05, 0) is 81.9 Å². The molecule has 2 fully saturated rings. The smallest absolute Gasteiger partial charge is 0.224 e. The molecule has 0 saturated heterocycles. The number of carbonyl (C=O) groups is 2. The molecule has 2 amide bonds. The van der Waals surface area contributed by atoms with Crippen LogP contribution in [0.4, 0.5) is 5.69 Å². The zero-order valence-electron chi connectivity index (χ0n) is 24.0. The van der Waals surface area contributed by atoms with Gasteiger partial charge in [0.2, 0.25) is 11.8 Å². The Morgan fingerprint density at radius 1 is 1.00 bits per heavy atom. The molecule has 2 saturated carbocycles. The third kappa shape index (κ3) is 6.12. The van der Waals surface area contributed by atoms with Crippen LogP contribution >= 0.6 is 0 Å². The number of nitrogens with one attached hydrogen (secondary N) is 1. The number of benzene rings is 2. The molecule has 0 atom stereocenters. The molecule has 0 unspecified atom stereocenters. The fourth-order valence-corrected chi connectivity index (χ4v) is 6.55. The average molecular weight is 539 g/mol. The third-order valence-corrected chi connectivity index (χ3v) is 8.84. The molecule has 40 heavy (non-hydrogen) atoms. The molecule has 1 aromatic heterocycles. The molecular weight excluding hydrogens is 496 g/mol. The van der Waals surface area contributed by atoms with E-state index < -0.39 is 0 Å². The number of anilines is 1. The van der Waals surface area contributed by atoms with Gasteiger partial charge in [0.05, 0.1) is 17.6 Å². The highest BCUT2D eigenvalue weighted by Crippen LogP contribution is 2.40. The molecule has 6 heteroatoms. The molecule has 1 heterocycles. The van der Waals surface area contributed by atoms with Crippen molar-refractivity contribution in [1.29, 1.82) is 0 Å². The molecule has 0 radical (unpaired) electrons. The Morgan fingerprint density at radius 3 is 2.25 bits per heavy atom. The van der Waals surface area contributed by atoms with Gasteiger partial charge in [0.25, 0.3) is 0 Å². The molecule has 3 aromatic rings. The van der Waals surface area contributed by atoms with Gasteiger partial charge in [-0.2, -0.15) is 0 Å². The lowest BCUT2D eigenvalue weighted by molar-refractivity contribution is -0.134. The van der Waals surface area contributed by atoms with Crippen molar-refractivity contribution < 1.29 is 9.59 Å². The number of hydrogen-bond donors (Lipinski definition) is 2. The van der Waals surface area contributed by atoms with Crippen LogP contribution in [-0.4, -0.2) is 33.8 Å². The quantitative estimate of drug-likeness (QED) is 0.327. The van der Waals surface area contributed by atoms with Crippen molar-refractivity contribution in [1.82, 2.24) is 9.88 Å². The number of pyridine rings is 1. The minimum absolute atomic E-state index is 0.0161. The van der Waals surface area contributed by atoms with Crippen LogP contribution in [0.15, 0.2) is 66.9 Å². The number of aromatic nitrogens is 1. The first kappa shape index (κ1) is 28.0. The van der Waals surface area contributed by atoms with Crippen molar-refractivity contribution in [3.8, 4) is 22.4 Å².